The minimum atomic E-state index is -0.536. The summed E-state index contributed by atoms with van der Waals surface area (Å²) in [5.41, 5.74) is 1.07. The Balaban J connectivity index is 1.81. The lowest BCUT2D eigenvalue weighted by Gasteiger charge is -2.09. The standard InChI is InChI=1S/C17H14N4O4S/c1-11-4-5-12(21(24)25)9-14(11)18-16(22)10-20-17(23)7-6-13(19-20)15-3-2-8-26-15/h2-9H,10H2,1H3,(H,18,22). The number of nitrogens with zero attached hydrogens (tertiary/aromatic N) is 3. The molecule has 3 rings (SSSR count). The van der Waals surface area contributed by atoms with Gasteiger partial charge in [-0.2, -0.15) is 5.10 Å². The predicted octanol–water partition coefficient (Wildman–Crippen LogP) is 2.83. The maximum Gasteiger partial charge on any atom is 0.271 e. The van der Waals surface area contributed by atoms with Crippen molar-refractivity contribution in [2.24, 2.45) is 0 Å². The second-order valence-corrected chi connectivity index (χ2v) is 6.44. The van der Waals surface area contributed by atoms with Crippen LogP contribution in [0.3, 0.4) is 0 Å². The Bertz CT molecular complexity index is 1030. The molecule has 1 aromatic carbocycles. The second-order valence-electron chi connectivity index (χ2n) is 5.50. The quantitative estimate of drug-likeness (QED) is 0.549. The van der Waals surface area contributed by atoms with Gasteiger partial charge in [-0.25, -0.2) is 4.68 Å². The first-order chi connectivity index (χ1) is 12.4. The van der Waals surface area contributed by atoms with E-state index in [4.69, 9.17) is 0 Å². The molecule has 3 aromatic rings. The average Bonchev–Trinajstić information content (AvgIpc) is 3.13. The second kappa shape index (κ2) is 7.28. The Morgan fingerprint density at radius 3 is 2.81 bits per heavy atom. The molecule has 2 aromatic heterocycles. The normalized spacial score (nSPS) is 10.5. The fourth-order valence-corrected chi connectivity index (χ4v) is 2.99. The van der Waals surface area contributed by atoms with Gasteiger partial charge in [0, 0.05) is 18.2 Å². The van der Waals surface area contributed by atoms with E-state index in [0.717, 1.165) is 9.56 Å². The maximum atomic E-state index is 12.3. The summed E-state index contributed by atoms with van der Waals surface area (Å²) in [7, 11) is 0. The average molecular weight is 370 g/mol. The topological polar surface area (TPSA) is 107 Å². The number of amides is 1. The van der Waals surface area contributed by atoms with Crippen LogP contribution in [0.2, 0.25) is 0 Å². The number of nitro groups is 1. The highest BCUT2D eigenvalue weighted by Gasteiger charge is 2.13. The molecule has 0 aliphatic carbocycles. The molecule has 26 heavy (non-hydrogen) atoms. The number of nitro benzene ring substituents is 1. The number of hydrogen-bond donors (Lipinski definition) is 1. The van der Waals surface area contributed by atoms with Crippen LogP contribution < -0.4 is 10.9 Å². The van der Waals surface area contributed by atoms with Gasteiger partial charge in [-0.1, -0.05) is 12.1 Å². The van der Waals surface area contributed by atoms with Crippen molar-refractivity contribution in [2.75, 3.05) is 5.32 Å². The summed E-state index contributed by atoms with van der Waals surface area (Å²) in [5.74, 6) is -0.494. The summed E-state index contributed by atoms with van der Waals surface area (Å²) in [4.78, 5) is 35.5. The largest absolute Gasteiger partial charge is 0.324 e. The summed E-state index contributed by atoms with van der Waals surface area (Å²) in [6, 6.07) is 10.9. The molecule has 2 heterocycles. The molecular weight excluding hydrogens is 356 g/mol. The van der Waals surface area contributed by atoms with Crippen molar-refractivity contribution in [3.8, 4) is 10.6 Å². The van der Waals surface area contributed by atoms with Crippen LogP contribution in [0, 0.1) is 17.0 Å². The van der Waals surface area contributed by atoms with Gasteiger partial charge < -0.3 is 5.32 Å². The summed E-state index contributed by atoms with van der Waals surface area (Å²) in [6.07, 6.45) is 0. The number of thiophene rings is 1. The van der Waals surface area contributed by atoms with E-state index in [2.05, 4.69) is 10.4 Å². The molecule has 0 unspecified atom stereocenters. The van der Waals surface area contributed by atoms with Gasteiger partial charge in [-0.3, -0.25) is 19.7 Å². The Morgan fingerprint density at radius 2 is 2.12 bits per heavy atom. The molecule has 8 nitrogen and oxygen atoms in total. The third kappa shape index (κ3) is 3.83. The van der Waals surface area contributed by atoms with Gasteiger partial charge in [-0.05, 0) is 30.0 Å². The molecule has 0 radical (unpaired) electrons. The van der Waals surface area contributed by atoms with Crippen molar-refractivity contribution < 1.29 is 9.72 Å². The monoisotopic (exact) mass is 370 g/mol. The molecule has 0 fully saturated rings. The minimum Gasteiger partial charge on any atom is -0.324 e. The van der Waals surface area contributed by atoms with Crippen molar-refractivity contribution in [3.05, 3.63) is 73.9 Å². The number of aryl methyl sites for hydroxylation is 1. The SMILES string of the molecule is Cc1ccc([N+](=O)[O-])cc1NC(=O)Cn1nc(-c2cccs2)ccc1=O. The Morgan fingerprint density at radius 1 is 1.31 bits per heavy atom. The third-order valence-corrected chi connectivity index (χ3v) is 4.53. The van der Waals surface area contributed by atoms with Gasteiger partial charge >= 0.3 is 0 Å². The van der Waals surface area contributed by atoms with Gasteiger partial charge in [0.2, 0.25) is 5.91 Å². The highest BCUT2D eigenvalue weighted by Crippen LogP contribution is 2.22. The number of carbonyl (C=O) groups excluding carboxylic acids is 1. The first-order valence-electron chi connectivity index (χ1n) is 7.61. The molecule has 0 spiro atoms. The van der Waals surface area contributed by atoms with Crippen LogP contribution in [0.5, 0.6) is 0 Å². The molecule has 0 bridgehead atoms. The molecule has 0 atom stereocenters. The first kappa shape index (κ1) is 17.5. The molecule has 1 amide bonds. The zero-order valence-corrected chi connectivity index (χ0v) is 14.5. The molecule has 0 aliphatic rings. The molecule has 9 heteroatoms. The number of hydrogen-bond acceptors (Lipinski definition) is 6. The van der Waals surface area contributed by atoms with Gasteiger partial charge in [0.05, 0.1) is 15.5 Å². The maximum absolute atomic E-state index is 12.3. The highest BCUT2D eigenvalue weighted by atomic mass is 32.1. The fraction of sp³-hybridized carbons (Fsp3) is 0.118. The summed E-state index contributed by atoms with van der Waals surface area (Å²) >= 11 is 1.48. The Kier molecular flexibility index (Phi) is 4.90. The van der Waals surface area contributed by atoms with E-state index in [1.807, 2.05) is 17.5 Å². The molecule has 1 N–H and O–H groups in total. The molecular formula is C17H14N4O4S. The van der Waals surface area contributed by atoms with Crippen LogP contribution in [-0.2, 0) is 11.3 Å². The minimum absolute atomic E-state index is 0.124. The number of nitrogens with one attached hydrogen (secondary N) is 1. The fourth-order valence-electron chi connectivity index (χ4n) is 2.30. The molecule has 132 valence electrons. The van der Waals surface area contributed by atoms with Crippen LogP contribution >= 0.6 is 11.3 Å². The van der Waals surface area contributed by atoms with Gasteiger partial charge in [0.1, 0.15) is 12.2 Å². The Hall–Kier alpha value is -3.33. The van der Waals surface area contributed by atoms with Gasteiger partial charge in [-0.15, -0.1) is 11.3 Å². The number of non-ortho nitro benzene ring substituents is 1. The summed E-state index contributed by atoms with van der Waals surface area (Å²) in [5, 5.41) is 19.6. The van der Waals surface area contributed by atoms with E-state index in [0.29, 0.717) is 16.9 Å². The van der Waals surface area contributed by atoms with Crippen LogP contribution in [0.15, 0.2) is 52.6 Å². The van der Waals surface area contributed by atoms with E-state index in [9.17, 15) is 19.7 Å². The van der Waals surface area contributed by atoms with E-state index < -0.39 is 16.4 Å². The number of benzene rings is 1. The third-order valence-electron chi connectivity index (χ3n) is 3.64. The van der Waals surface area contributed by atoms with Gasteiger partial charge in [0.25, 0.3) is 11.2 Å². The molecule has 0 saturated heterocycles. The van der Waals surface area contributed by atoms with Crippen LogP contribution in [0.4, 0.5) is 11.4 Å². The van der Waals surface area contributed by atoms with Crippen LogP contribution in [0.25, 0.3) is 10.6 Å². The van der Waals surface area contributed by atoms with E-state index in [1.165, 1.54) is 29.5 Å². The lowest BCUT2D eigenvalue weighted by atomic mass is 10.2. The number of carbonyl (C=O) groups is 1. The zero-order chi connectivity index (χ0) is 18.7. The molecule has 0 aliphatic heterocycles. The number of anilines is 1. The van der Waals surface area contributed by atoms with Crippen molar-refractivity contribution >= 4 is 28.6 Å². The van der Waals surface area contributed by atoms with E-state index >= 15 is 0 Å². The molecule has 0 saturated carbocycles. The Labute approximate surface area is 151 Å². The predicted molar refractivity (Wildman–Crippen MR) is 98.3 cm³/mol. The van der Waals surface area contributed by atoms with Crippen molar-refractivity contribution in [1.82, 2.24) is 9.78 Å². The lowest BCUT2D eigenvalue weighted by Crippen LogP contribution is -2.29. The summed E-state index contributed by atoms with van der Waals surface area (Å²) in [6.45, 7) is 1.43. The van der Waals surface area contributed by atoms with Crippen molar-refractivity contribution in [1.29, 1.82) is 0 Å². The zero-order valence-electron chi connectivity index (χ0n) is 13.7. The lowest BCUT2D eigenvalue weighted by molar-refractivity contribution is -0.384. The smallest absolute Gasteiger partial charge is 0.271 e. The van der Waals surface area contributed by atoms with Crippen molar-refractivity contribution in [3.63, 3.8) is 0 Å². The van der Waals surface area contributed by atoms with Gasteiger partial charge in [0.15, 0.2) is 0 Å². The van der Waals surface area contributed by atoms with Crippen LogP contribution in [-0.4, -0.2) is 20.6 Å². The first-order valence-corrected chi connectivity index (χ1v) is 8.49. The van der Waals surface area contributed by atoms with Crippen molar-refractivity contribution in [2.45, 2.75) is 13.5 Å². The summed E-state index contributed by atoms with van der Waals surface area (Å²) < 4.78 is 1.07. The highest BCUT2D eigenvalue weighted by molar-refractivity contribution is 7.13. The van der Waals surface area contributed by atoms with Crippen LogP contribution in [0.1, 0.15) is 5.56 Å². The number of aromatic nitrogens is 2. The number of rotatable bonds is 5. The van der Waals surface area contributed by atoms with E-state index in [1.54, 1.807) is 19.1 Å². The van der Waals surface area contributed by atoms with E-state index in [-0.39, 0.29) is 12.2 Å².